The van der Waals surface area contributed by atoms with Crippen molar-refractivity contribution in [1.82, 2.24) is 0 Å². The van der Waals surface area contributed by atoms with Crippen LogP contribution in [0.2, 0.25) is 0 Å². The molecule has 0 spiro atoms. The number of rotatable bonds is 5. The van der Waals surface area contributed by atoms with Crippen molar-refractivity contribution in [1.29, 1.82) is 0 Å². The summed E-state index contributed by atoms with van der Waals surface area (Å²) in [5.74, 6) is 0.0132. The van der Waals surface area contributed by atoms with E-state index in [0.717, 1.165) is 5.56 Å². The van der Waals surface area contributed by atoms with Gasteiger partial charge in [-0.25, -0.2) is 0 Å². The number of phenolic OH excluding ortho intramolecular Hbond substituents is 1. The minimum Gasteiger partial charge on any atom is -0.512 e. The van der Waals surface area contributed by atoms with Crippen LogP contribution in [-0.4, -0.2) is 28.8 Å². The van der Waals surface area contributed by atoms with Gasteiger partial charge in [-0.05, 0) is 38.0 Å². The van der Waals surface area contributed by atoms with Gasteiger partial charge in [0.05, 0.1) is 5.57 Å². The molecule has 2 N–H and O–H groups in total. The Hall–Kier alpha value is -2.10. The van der Waals surface area contributed by atoms with E-state index in [1.807, 2.05) is 12.1 Å². The second-order valence-electron chi connectivity index (χ2n) is 4.01. The quantitative estimate of drug-likeness (QED) is 0.477. The molecule has 4 nitrogen and oxygen atoms in total. The third-order valence-electron chi connectivity index (χ3n) is 2.46. The molecule has 96 valence electrons. The van der Waals surface area contributed by atoms with E-state index in [1.54, 1.807) is 12.1 Å². The van der Waals surface area contributed by atoms with Crippen LogP contribution in [0.25, 0.3) is 0 Å². The van der Waals surface area contributed by atoms with Crippen LogP contribution in [0.5, 0.6) is 5.75 Å². The number of benzene rings is 1. The third kappa shape index (κ3) is 4.41. The molecule has 0 bridgehead atoms. The number of hydrogen-bond donors (Lipinski definition) is 2. The number of nitrogens with zero attached hydrogens (tertiary/aromatic N) is 1. The summed E-state index contributed by atoms with van der Waals surface area (Å²) in [4.78, 5) is 15.3. The van der Waals surface area contributed by atoms with Crippen molar-refractivity contribution in [2.24, 2.45) is 4.99 Å². The molecule has 1 aromatic rings. The van der Waals surface area contributed by atoms with Crippen LogP contribution in [0.15, 0.2) is 40.6 Å². The fourth-order valence-corrected chi connectivity index (χ4v) is 1.45. The van der Waals surface area contributed by atoms with Gasteiger partial charge in [0.1, 0.15) is 11.5 Å². The molecule has 0 unspecified atom stereocenters. The Bertz CT molecular complexity index is 468. The first kappa shape index (κ1) is 14.0. The molecule has 0 heterocycles. The topological polar surface area (TPSA) is 69.9 Å². The largest absolute Gasteiger partial charge is 0.512 e. The van der Waals surface area contributed by atoms with Gasteiger partial charge in [0.2, 0.25) is 0 Å². The van der Waals surface area contributed by atoms with Gasteiger partial charge in [-0.3, -0.25) is 9.79 Å². The van der Waals surface area contributed by atoms with Crippen LogP contribution >= 0.6 is 0 Å². The SMILES string of the molecule is CC(=O)C(C=NCCc1ccc(O)cc1)=C(C)O. The Labute approximate surface area is 106 Å². The number of aliphatic imine (C=N–C) groups is 1. The number of carbonyl (C=O) groups is 1. The Morgan fingerprint density at radius 2 is 1.89 bits per heavy atom. The number of allylic oxidation sites excluding steroid dienone is 2. The zero-order valence-corrected chi connectivity index (χ0v) is 10.6. The van der Waals surface area contributed by atoms with Crippen molar-refractivity contribution in [2.75, 3.05) is 6.54 Å². The first-order valence-corrected chi connectivity index (χ1v) is 5.69. The maximum absolute atomic E-state index is 11.2. The van der Waals surface area contributed by atoms with Crippen molar-refractivity contribution in [3.63, 3.8) is 0 Å². The molecule has 0 amide bonds. The van der Waals surface area contributed by atoms with Gasteiger partial charge in [-0.15, -0.1) is 0 Å². The van der Waals surface area contributed by atoms with E-state index in [1.165, 1.54) is 20.1 Å². The summed E-state index contributed by atoms with van der Waals surface area (Å²) < 4.78 is 0. The van der Waals surface area contributed by atoms with Gasteiger partial charge in [0.15, 0.2) is 5.78 Å². The fraction of sp³-hybridized carbons (Fsp3) is 0.286. The highest BCUT2D eigenvalue weighted by atomic mass is 16.3. The van der Waals surface area contributed by atoms with Crippen molar-refractivity contribution in [3.05, 3.63) is 41.2 Å². The van der Waals surface area contributed by atoms with E-state index >= 15 is 0 Å². The number of aliphatic hydroxyl groups excluding tert-OH is 1. The lowest BCUT2D eigenvalue weighted by Gasteiger charge is -2.00. The number of phenols is 1. The smallest absolute Gasteiger partial charge is 0.164 e. The van der Waals surface area contributed by atoms with E-state index in [-0.39, 0.29) is 22.9 Å². The maximum Gasteiger partial charge on any atom is 0.164 e. The van der Waals surface area contributed by atoms with Crippen LogP contribution in [0.3, 0.4) is 0 Å². The predicted octanol–water partition coefficient (Wildman–Crippen LogP) is 2.43. The number of hydrogen-bond acceptors (Lipinski definition) is 4. The molecule has 0 fully saturated rings. The van der Waals surface area contributed by atoms with E-state index in [2.05, 4.69) is 4.99 Å². The predicted molar refractivity (Wildman–Crippen MR) is 71.2 cm³/mol. The number of ketones is 1. The highest BCUT2D eigenvalue weighted by molar-refractivity contribution is 6.12. The lowest BCUT2D eigenvalue weighted by Crippen LogP contribution is -2.02. The van der Waals surface area contributed by atoms with Gasteiger partial charge < -0.3 is 10.2 Å². The molecule has 18 heavy (non-hydrogen) atoms. The van der Waals surface area contributed by atoms with E-state index in [4.69, 9.17) is 5.11 Å². The maximum atomic E-state index is 11.2. The fourth-order valence-electron chi connectivity index (χ4n) is 1.45. The summed E-state index contributed by atoms with van der Waals surface area (Å²) in [5.41, 5.74) is 1.29. The molecule has 1 aromatic carbocycles. The summed E-state index contributed by atoms with van der Waals surface area (Å²) in [5, 5.41) is 18.4. The molecule has 0 radical (unpaired) electrons. The molecular weight excluding hydrogens is 230 g/mol. The number of Topliss-reactive ketones (excluding diaryl/α,β-unsaturated/α-hetero) is 1. The summed E-state index contributed by atoms with van der Waals surface area (Å²) in [6, 6.07) is 6.89. The van der Waals surface area contributed by atoms with Crippen LogP contribution in [0.1, 0.15) is 19.4 Å². The molecule has 0 aliphatic rings. The first-order chi connectivity index (χ1) is 8.50. The Morgan fingerprint density at radius 3 is 2.39 bits per heavy atom. The van der Waals surface area contributed by atoms with Crippen molar-refractivity contribution in [3.8, 4) is 5.75 Å². The van der Waals surface area contributed by atoms with Gasteiger partial charge >= 0.3 is 0 Å². The first-order valence-electron chi connectivity index (χ1n) is 5.69. The average molecular weight is 247 g/mol. The van der Waals surface area contributed by atoms with Crippen LogP contribution in [0.4, 0.5) is 0 Å². The zero-order valence-electron chi connectivity index (χ0n) is 10.6. The highest BCUT2D eigenvalue weighted by Gasteiger charge is 2.03. The lowest BCUT2D eigenvalue weighted by atomic mass is 10.1. The van der Waals surface area contributed by atoms with Gasteiger partial charge in [0.25, 0.3) is 0 Å². The monoisotopic (exact) mass is 247 g/mol. The van der Waals surface area contributed by atoms with Crippen LogP contribution in [-0.2, 0) is 11.2 Å². The standard InChI is InChI=1S/C14H17NO3/c1-10(16)14(11(2)17)9-15-8-7-12-3-5-13(18)6-4-12/h3-6,9,16,18H,7-8H2,1-2H3. The summed E-state index contributed by atoms with van der Waals surface area (Å²) in [6.07, 6.45) is 2.12. The van der Waals surface area contributed by atoms with E-state index in [9.17, 15) is 9.90 Å². The van der Waals surface area contributed by atoms with Crippen LogP contribution in [0, 0.1) is 0 Å². The zero-order chi connectivity index (χ0) is 13.5. The van der Waals surface area contributed by atoms with Gasteiger partial charge in [-0.2, -0.15) is 0 Å². The summed E-state index contributed by atoms with van der Waals surface area (Å²) in [6.45, 7) is 3.37. The van der Waals surface area contributed by atoms with Crippen molar-refractivity contribution >= 4 is 12.0 Å². The molecule has 4 heteroatoms. The molecule has 0 saturated heterocycles. The van der Waals surface area contributed by atoms with Gasteiger partial charge in [-0.1, -0.05) is 12.1 Å². The Morgan fingerprint density at radius 1 is 1.28 bits per heavy atom. The molecule has 0 aliphatic heterocycles. The Kier molecular flexibility index (Phi) is 5.11. The molecule has 0 saturated carbocycles. The van der Waals surface area contributed by atoms with Crippen molar-refractivity contribution < 1.29 is 15.0 Å². The molecule has 0 aliphatic carbocycles. The summed E-state index contributed by atoms with van der Waals surface area (Å²) in [7, 11) is 0. The molecular formula is C14H17NO3. The minimum absolute atomic E-state index is 0.0177. The molecule has 0 aromatic heterocycles. The normalized spacial score (nSPS) is 12.6. The van der Waals surface area contributed by atoms with Gasteiger partial charge in [0, 0.05) is 12.8 Å². The molecule has 1 rings (SSSR count). The van der Waals surface area contributed by atoms with E-state index < -0.39 is 0 Å². The molecule has 0 atom stereocenters. The summed E-state index contributed by atoms with van der Waals surface area (Å²) >= 11 is 0. The lowest BCUT2D eigenvalue weighted by molar-refractivity contribution is -0.113. The minimum atomic E-state index is -0.205. The third-order valence-corrected chi connectivity index (χ3v) is 2.46. The van der Waals surface area contributed by atoms with Crippen molar-refractivity contribution in [2.45, 2.75) is 20.3 Å². The number of aromatic hydroxyl groups is 1. The highest BCUT2D eigenvalue weighted by Crippen LogP contribution is 2.10. The van der Waals surface area contributed by atoms with E-state index in [0.29, 0.717) is 13.0 Å². The second kappa shape index (κ2) is 6.59. The second-order valence-corrected chi connectivity index (χ2v) is 4.01. The number of carbonyl (C=O) groups excluding carboxylic acids is 1. The number of aliphatic hydroxyl groups is 1. The average Bonchev–Trinajstić information content (AvgIpc) is 2.30. The van der Waals surface area contributed by atoms with Crippen LogP contribution < -0.4 is 0 Å². The Balaban J connectivity index is 2.53.